The molecule has 38 heavy (non-hydrogen) atoms. The number of aryl methyl sites for hydroxylation is 1. The van der Waals surface area contributed by atoms with Gasteiger partial charge in [-0.05, 0) is 82.9 Å². The molecule has 3 aromatic heterocycles. The zero-order chi connectivity index (χ0) is 26.5. The number of nitrogens with one attached hydrogen (secondary N) is 2. The average Bonchev–Trinajstić information content (AvgIpc) is 3.58. The van der Waals surface area contributed by atoms with E-state index < -0.39 is 6.09 Å². The molecule has 6 rings (SSSR count). The first-order valence-electron chi connectivity index (χ1n) is 13.3. The maximum absolute atomic E-state index is 10.2. The van der Waals surface area contributed by atoms with E-state index in [9.17, 15) is 4.79 Å². The zero-order valence-electron chi connectivity index (χ0n) is 22.0. The molecule has 2 fully saturated rings. The number of anilines is 1. The molecule has 1 aliphatic carbocycles. The number of hydrogen-bond donors (Lipinski definition) is 3. The summed E-state index contributed by atoms with van der Waals surface area (Å²) in [6.45, 7) is 4.79. The molecular formula is C27H35N9O2. The molecule has 4 heterocycles. The first-order valence-corrected chi connectivity index (χ1v) is 13.3. The fourth-order valence-corrected chi connectivity index (χ4v) is 5.07. The van der Waals surface area contributed by atoms with Crippen LogP contribution in [0.4, 0.5) is 10.7 Å². The monoisotopic (exact) mass is 517 g/mol. The highest BCUT2D eigenvalue weighted by Crippen LogP contribution is 2.23. The molecule has 200 valence electrons. The number of carbonyl (C=O) groups is 1. The SMILES string of the molecule is CN1CCC(CNC(=O)O)CC1.Cc1ccc2cc(-n3nnc4cnc(NC5CCCC5)nc43)ccc2n1. The van der Waals surface area contributed by atoms with Crippen molar-refractivity contribution < 1.29 is 9.90 Å². The van der Waals surface area contributed by atoms with Gasteiger partial charge >= 0.3 is 6.09 Å². The Bertz CT molecular complexity index is 1390. The molecule has 1 saturated carbocycles. The molecule has 2 aliphatic rings. The number of hydrogen-bond acceptors (Lipinski definition) is 8. The third-order valence-electron chi connectivity index (χ3n) is 7.32. The van der Waals surface area contributed by atoms with Gasteiger partial charge in [0.15, 0.2) is 11.2 Å². The van der Waals surface area contributed by atoms with Crippen LogP contribution in [0.1, 0.15) is 44.2 Å². The van der Waals surface area contributed by atoms with E-state index in [1.807, 2.05) is 25.1 Å². The van der Waals surface area contributed by atoms with Gasteiger partial charge in [0, 0.05) is 23.7 Å². The van der Waals surface area contributed by atoms with Crippen molar-refractivity contribution in [1.29, 1.82) is 0 Å². The van der Waals surface area contributed by atoms with Gasteiger partial charge in [0.2, 0.25) is 5.95 Å². The summed E-state index contributed by atoms with van der Waals surface area (Å²) in [7, 11) is 2.10. The molecule has 1 aromatic carbocycles. The molecule has 1 saturated heterocycles. The first kappa shape index (κ1) is 25.8. The van der Waals surface area contributed by atoms with Crippen LogP contribution < -0.4 is 10.6 Å². The van der Waals surface area contributed by atoms with E-state index in [2.05, 4.69) is 60.0 Å². The minimum Gasteiger partial charge on any atom is -0.465 e. The summed E-state index contributed by atoms with van der Waals surface area (Å²) >= 11 is 0. The van der Waals surface area contributed by atoms with Crippen LogP contribution in [0.5, 0.6) is 0 Å². The van der Waals surface area contributed by atoms with Crippen LogP contribution in [0.2, 0.25) is 0 Å². The van der Waals surface area contributed by atoms with E-state index in [1.54, 1.807) is 10.9 Å². The molecule has 0 bridgehead atoms. The van der Waals surface area contributed by atoms with Gasteiger partial charge in [-0.25, -0.2) is 9.78 Å². The van der Waals surface area contributed by atoms with Crippen LogP contribution in [0.25, 0.3) is 27.8 Å². The normalized spacial score (nSPS) is 16.9. The second kappa shape index (κ2) is 11.7. The van der Waals surface area contributed by atoms with Crippen molar-refractivity contribution in [3.63, 3.8) is 0 Å². The number of fused-ring (bicyclic) bond motifs is 2. The van der Waals surface area contributed by atoms with Crippen LogP contribution in [0.15, 0.2) is 36.5 Å². The van der Waals surface area contributed by atoms with Crippen molar-refractivity contribution >= 4 is 34.1 Å². The summed E-state index contributed by atoms with van der Waals surface area (Å²) in [5, 5.41) is 23.8. The Hall–Kier alpha value is -3.86. The molecule has 4 aromatic rings. The molecule has 11 nitrogen and oxygen atoms in total. The lowest BCUT2D eigenvalue weighted by atomic mass is 9.97. The number of benzene rings is 1. The van der Waals surface area contributed by atoms with Crippen LogP contribution in [0, 0.1) is 12.8 Å². The van der Waals surface area contributed by atoms with Crippen molar-refractivity contribution in [1.82, 2.24) is 40.2 Å². The summed E-state index contributed by atoms with van der Waals surface area (Å²) < 4.78 is 1.76. The van der Waals surface area contributed by atoms with Crippen molar-refractivity contribution in [2.24, 2.45) is 5.92 Å². The molecule has 3 N–H and O–H groups in total. The second-order valence-electron chi connectivity index (χ2n) is 10.3. The lowest BCUT2D eigenvalue weighted by Gasteiger charge is -2.28. The molecule has 1 aliphatic heterocycles. The predicted octanol–water partition coefficient (Wildman–Crippen LogP) is 4.02. The number of nitrogens with zero attached hydrogens (tertiary/aromatic N) is 7. The molecule has 0 radical (unpaired) electrons. The molecule has 0 spiro atoms. The number of aromatic nitrogens is 6. The van der Waals surface area contributed by atoms with E-state index in [1.165, 1.54) is 25.7 Å². The average molecular weight is 518 g/mol. The standard InChI is InChI=1S/C19H19N7.C8H16N2O2/c1-12-6-7-13-10-15(8-9-16(13)21-12)26-18-17(24-25-26)11-20-19(23-18)22-14-4-2-3-5-14;1-10-4-2-7(3-5-10)6-9-8(11)12/h6-11,14H,2-5H2,1H3,(H,20,22,23);7,9H,2-6H2,1H3,(H,11,12). The van der Waals surface area contributed by atoms with Crippen LogP contribution in [-0.2, 0) is 0 Å². The summed E-state index contributed by atoms with van der Waals surface area (Å²) in [5.74, 6) is 1.18. The summed E-state index contributed by atoms with van der Waals surface area (Å²) in [5.41, 5.74) is 4.28. The molecular weight excluding hydrogens is 482 g/mol. The van der Waals surface area contributed by atoms with Crippen molar-refractivity contribution in [3.8, 4) is 5.69 Å². The van der Waals surface area contributed by atoms with Gasteiger partial charge in [0.05, 0.1) is 17.4 Å². The Labute approximate surface area is 221 Å². The quantitative estimate of drug-likeness (QED) is 0.359. The minimum absolute atomic E-state index is 0.465. The third kappa shape index (κ3) is 6.34. The van der Waals surface area contributed by atoms with E-state index in [-0.39, 0.29) is 0 Å². The second-order valence-corrected chi connectivity index (χ2v) is 10.3. The van der Waals surface area contributed by atoms with E-state index >= 15 is 0 Å². The highest BCUT2D eigenvalue weighted by atomic mass is 16.4. The summed E-state index contributed by atoms with van der Waals surface area (Å²) in [4.78, 5) is 26.1. The highest BCUT2D eigenvalue weighted by Gasteiger charge is 2.18. The fourth-order valence-electron chi connectivity index (χ4n) is 5.07. The number of pyridine rings is 1. The number of rotatable bonds is 5. The molecule has 0 unspecified atom stereocenters. The van der Waals surface area contributed by atoms with E-state index in [4.69, 9.17) is 5.11 Å². The van der Waals surface area contributed by atoms with Crippen LogP contribution in [0.3, 0.4) is 0 Å². The lowest BCUT2D eigenvalue weighted by molar-refractivity contribution is 0.182. The maximum Gasteiger partial charge on any atom is 0.404 e. The smallest absolute Gasteiger partial charge is 0.404 e. The minimum atomic E-state index is -0.908. The Morgan fingerprint density at radius 2 is 1.84 bits per heavy atom. The Balaban J connectivity index is 0.000000207. The van der Waals surface area contributed by atoms with E-state index in [0.717, 1.165) is 48.2 Å². The number of amides is 1. The first-order chi connectivity index (χ1) is 18.4. The van der Waals surface area contributed by atoms with Gasteiger partial charge in [-0.3, -0.25) is 4.98 Å². The number of carboxylic acid groups (broad SMARTS) is 1. The largest absolute Gasteiger partial charge is 0.465 e. The van der Waals surface area contributed by atoms with E-state index in [0.29, 0.717) is 35.6 Å². The molecule has 0 atom stereocenters. The Morgan fingerprint density at radius 3 is 2.61 bits per heavy atom. The van der Waals surface area contributed by atoms with Crippen LogP contribution in [-0.4, -0.2) is 78.8 Å². The Morgan fingerprint density at radius 1 is 1.05 bits per heavy atom. The van der Waals surface area contributed by atoms with Gasteiger partial charge in [0.1, 0.15) is 0 Å². The number of likely N-dealkylation sites (tertiary alicyclic amines) is 1. The van der Waals surface area contributed by atoms with Gasteiger partial charge in [-0.15, -0.1) is 5.10 Å². The van der Waals surface area contributed by atoms with Crippen LogP contribution >= 0.6 is 0 Å². The molecule has 1 amide bonds. The predicted molar refractivity (Wildman–Crippen MR) is 147 cm³/mol. The fraction of sp³-hybridized carbons (Fsp3) is 0.481. The number of piperidine rings is 1. The van der Waals surface area contributed by atoms with Gasteiger partial charge in [-0.2, -0.15) is 9.67 Å². The van der Waals surface area contributed by atoms with Gasteiger partial charge in [-0.1, -0.05) is 24.1 Å². The zero-order valence-corrected chi connectivity index (χ0v) is 22.0. The van der Waals surface area contributed by atoms with Gasteiger partial charge < -0.3 is 20.6 Å². The maximum atomic E-state index is 10.2. The summed E-state index contributed by atoms with van der Waals surface area (Å²) in [6.07, 6.45) is 7.93. The van der Waals surface area contributed by atoms with Crippen molar-refractivity contribution in [2.45, 2.75) is 51.5 Å². The topological polar surface area (TPSA) is 134 Å². The van der Waals surface area contributed by atoms with Crippen molar-refractivity contribution in [2.75, 3.05) is 32.0 Å². The third-order valence-corrected chi connectivity index (χ3v) is 7.32. The lowest BCUT2D eigenvalue weighted by Crippen LogP contribution is -2.36. The van der Waals surface area contributed by atoms with Gasteiger partial charge in [0.25, 0.3) is 0 Å². The summed E-state index contributed by atoms with van der Waals surface area (Å²) in [6, 6.07) is 10.6. The van der Waals surface area contributed by atoms with Crippen molar-refractivity contribution in [3.05, 3.63) is 42.2 Å². The highest BCUT2D eigenvalue weighted by molar-refractivity contribution is 5.82. The Kier molecular flexibility index (Phi) is 7.92. The molecule has 11 heteroatoms.